The third-order valence-electron chi connectivity index (χ3n) is 3.24. The van der Waals surface area contributed by atoms with Gasteiger partial charge in [-0.2, -0.15) is 0 Å². The third kappa shape index (κ3) is 2.60. The lowest BCUT2D eigenvalue weighted by Crippen LogP contribution is -2.32. The van der Waals surface area contributed by atoms with Crippen LogP contribution in [0, 0.1) is 5.82 Å². The lowest BCUT2D eigenvalue weighted by Gasteiger charge is -2.28. The first-order valence-corrected chi connectivity index (χ1v) is 6.01. The molecule has 1 heterocycles. The number of nitrogens with zero attached hydrogens (tertiary/aromatic N) is 1. The van der Waals surface area contributed by atoms with E-state index in [0.717, 1.165) is 26.2 Å². The molecule has 3 heteroatoms. The van der Waals surface area contributed by atoms with Crippen LogP contribution in [0.5, 0.6) is 0 Å². The molecule has 1 aliphatic rings. The minimum atomic E-state index is -0.159. The first-order chi connectivity index (χ1) is 7.81. The molecule has 1 aromatic rings. The Morgan fingerprint density at radius 2 is 2.12 bits per heavy atom. The van der Waals surface area contributed by atoms with E-state index in [0.29, 0.717) is 6.04 Å². The topological polar surface area (TPSA) is 15.3 Å². The largest absolute Gasteiger partial charge is 0.315 e. The van der Waals surface area contributed by atoms with Crippen LogP contribution in [0.1, 0.15) is 24.9 Å². The first kappa shape index (κ1) is 11.6. The molecule has 0 spiro atoms. The summed E-state index contributed by atoms with van der Waals surface area (Å²) < 4.78 is 12.9. The average Bonchev–Trinajstić information content (AvgIpc) is 2.55. The summed E-state index contributed by atoms with van der Waals surface area (Å²) in [5.74, 6) is -0.159. The van der Waals surface area contributed by atoms with Gasteiger partial charge in [0.25, 0.3) is 0 Å². The van der Waals surface area contributed by atoms with E-state index >= 15 is 0 Å². The Morgan fingerprint density at radius 3 is 2.81 bits per heavy atom. The van der Waals surface area contributed by atoms with Crippen LogP contribution in [0.25, 0.3) is 0 Å². The van der Waals surface area contributed by atoms with E-state index in [9.17, 15) is 4.39 Å². The summed E-state index contributed by atoms with van der Waals surface area (Å²) in [5.41, 5.74) is 1.21. The van der Waals surface area contributed by atoms with Crippen LogP contribution in [-0.4, -0.2) is 31.1 Å². The molecule has 1 N–H and O–H groups in total. The highest BCUT2D eigenvalue weighted by Gasteiger charge is 2.20. The van der Waals surface area contributed by atoms with Gasteiger partial charge in [0.15, 0.2) is 0 Å². The summed E-state index contributed by atoms with van der Waals surface area (Å²) in [5, 5.41) is 3.44. The first-order valence-electron chi connectivity index (χ1n) is 6.01. The predicted molar refractivity (Wildman–Crippen MR) is 63.9 cm³/mol. The predicted octanol–water partition coefficient (Wildman–Crippen LogP) is 2.18. The average molecular weight is 222 g/mol. The van der Waals surface area contributed by atoms with E-state index in [1.54, 1.807) is 12.1 Å². The molecule has 16 heavy (non-hydrogen) atoms. The van der Waals surface area contributed by atoms with Crippen LogP contribution in [0.2, 0.25) is 0 Å². The second-order valence-corrected chi connectivity index (χ2v) is 4.25. The molecule has 1 fully saturated rings. The molecule has 0 radical (unpaired) electrons. The lowest BCUT2D eigenvalue weighted by atomic mass is 10.1. The zero-order valence-electron chi connectivity index (χ0n) is 9.75. The summed E-state index contributed by atoms with van der Waals surface area (Å²) in [6, 6.07) is 7.28. The maximum Gasteiger partial charge on any atom is 0.123 e. The molecule has 0 amide bonds. The normalized spacial score (nSPS) is 23.0. The number of rotatable bonds is 2. The van der Waals surface area contributed by atoms with Crippen LogP contribution in [0.4, 0.5) is 4.39 Å². The Hall–Kier alpha value is -0.930. The van der Waals surface area contributed by atoms with Crippen molar-refractivity contribution in [3.05, 3.63) is 35.6 Å². The van der Waals surface area contributed by atoms with Gasteiger partial charge in [-0.15, -0.1) is 0 Å². The van der Waals surface area contributed by atoms with Gasteiger partial charge in [-0.05, 0) is 43.8 Å². The summed E-state index contributed by atoms with van der Waals surface area (Å²) in [4.78, 5) is 2.45. The van der Waals surface area contributed by atoms with Crippen molar-refractivity contribution < 1.29 is 4.39 Å². The van der Waals surface area contributed by atoms with Crippen molar-refractivity contribution in [1.82, 2.24) is 10.2 Å². The Kier molecular flexibility index (Phi) is 3.91. The van der Waals surface area contributed by atoms with Gasteiger partial charge in [0.2, 0.25) is 0 Å². The molecule has 1 saturated heterocycles. The summed E-state index contributed by atoms with van der Waals surface area (Å²) in [7, 11) is 0. The summed E-state index contributed by atoms with van der Waals surface area (Å²) in [6.45, 7) is 6.38. The van der Waals surface area contributed by atoms with E-state index in [1.165, 1.54) is 12.0 Å². The molecule has 2 nitrogen and oxygen atoms in total. The molecular weight excluding hydrogens is 203 g/mol. The number of halogens is 1. The van der Waals surface area contributed by atoms with Crippen molar-refractivity contribution in [2.75, 3.05) is 26.2 Å². The Morgan fingerprint density at radius 1 is 1.38 bits per heavy atom. The minimum Gasteiger partial charge on any atom is -0.315 e. The Bertz CT molecular complexity index is 323. The maximum atomic E-state index is 12.9. The zero-order chi connectivity index (χ0) is 11.4. The van der Waals surface area contributed by atoms with Crippen LogP contribution >= 0.6 is 0 Å². The summed E-state index contributed by atoms with van der Waals surface area (Å²) >= 11 is 0. The van der Waals surface area contributed by atoms with Crippen molar-refractivity contribution >= 4 is 0 Å². The van der Waals surface area contributed by atoms with Crippen molar-refractivity contribution in [2.45, 2.75) is 19.4 Å². The quantitative estimate of drug-likeness (QED) is 0.825. The molecule has 88 valence electrons. The van der Waals surface area contributed by atoms with E-state index < -0.39 is 0 Å². The highest BCUT2D eigenvalue weighted by Crippen LogP contribution is 2.21. The van der Waals surface area contributed by atoms with Gasteiger partial charge in [0, 0.05) is 12.6 Å². The number of hydrogen-bond donors (Lipinski definition) is 1. The second-order valence-electron chi connectivity index (χ2n) is 4.25. The number of likely N-dealkylation sites (N-methyl/N-ethyl adjacent to an activating group) is 1. The van der Waals surface area contributed by atoms with E-state index in [2.05, 4.69) is 17.1 Å². The molecular formula is C13H19FN2. The molecule has 0 aromatic heterocycles. The fourth-order valence-corrected chi connectivity index (χ4v) is 2.32. The van der Waals surface area contributed by atoms with E-state index in [-0.39, 0.29) is 5.82 Å². The number of hydrogen-bond acceptors (Lipinski definition) is 2. The number of nitrogens with one attached hydrogen (secondary N) is 1. The second kappa shape index (κ2) is 5.41. The van der Waals surface area contributed by atoms with Crippen molar-refractivity contribution in [1.29, 1.82) is 0 Å². The lowest BCUT2D eigenvalue weighted by molar-refractivity contribution is 0.222. The van der Waals surface area contributed by atoms with Crippen LogP contribution in [-0.2, 0) is 0 Å². The SMILES string of the molecule is CCN1CCCNCC1c1ccc(F)cc1. The molecule has 0 bridgehead atoms. The molecule has 0 saturated carbocycles. The molecule has 0 aliphatic carbocycles. The van der Waals surface area contributed by atoms with Crippen LogP contribution < -0.4 is 5.32 Å². The minimum absolute atomic E-state index is 0.159. The van der Waals surface area contributed by atoms with Gasteiger partial charge in [0.1, 0.15) is 5.82 Å². The monoisotopic (exact) mass is 222 g/mol. The highest BCUT2D eigenvalue weighted by molar-refractivity contribution is 5.20. The van der Waals surface area contributed by atoms with Gasteiger partial charge in [-0.25, -0.2) is 4.39 Å². The van der Waals surface area contributed by atoms with Gasteiger partial charge < -0.3 is 5.32 Å². The zero-order valence-corrected chi connectivity index (χ0v) is 9.75. The fraction of sp³-hybridized carbons (Fsp3) is 0.538. The van der Waals surface area contributed by atoms with Crippen LogP contribution in [0.3, 0.4) is 0 Å². The Balaban J connectivity index is 2.18. The van der Waals surface area contributed by atoms with Crippen molar-refractivity contribution in [3.8, 4) is 0 Å². The summed E-state index contributed by atoms with van der Waals surface area (Å²) in [6.07, 6.45) is 1.19. The number of benzene rings is 1. The van der Waals surface area contributed by atoms with Crippen LogP contribution in [0.15, 0.2) is 24.3 Å². The Labute approximate surface area is 96.5 Å². The highest BCUT2D eigenvalue weighted by atomic mass is 19.1. The smallest absolute Gasteiger partial charge is 0.123 e. The van der Waals surface area contributed by atoms with Gasteiger partial charge >= 0.3 is 0 Å². The molecule has 1 aromatic carbocycles. The van der Waals surface area contributed by atoms with E-state index in [4.69, 9.17) is 0 Å². The fourth-order valence-electron chi connectivity index (χ4n) is 2.32. The molecule has 1 aliphatic heterocycles. The van der Waals surface area contributed by atoms with Crippen molar-refractivity contribution in [3.63, 3.8) is 0 Å². The molecule has 1 atom stereocenters. The van der Waals surface area contributed by atoms with Gasteiger partial charge in [0.05, 0.1) is 0 Å². The maximum absolute atomic E-state index is 12.9. The van der Waals surface area contributed by atoms with Gasteiger partial charge in [-0.1, -0.05) is 19.1 Å². The standard InChI is InChI=1S/C13H19FN2/c1-2-16-9-3-8-15-10-13(16)11-4-6-12(14)7-5-11/h4-7,13,15H,2-3,8-10H2,1H3. The third-order valence-corrected chi connectivity index (χ3v) is 3.24. The molecule has 1 unspecified atom stereocenters. The molecule has 2 rings (SSSR count). The van der Waals surface area contributed by atoms with Crippen molar-refractivity contribution in [2.24, 2.45) is 0 Å². The van der Waals surface area contributed by atoms with Gasteiger partial charge in [-0.3, -0.25) is 4.90 Å². The van der Waals surface area contributed by atoms with E-state index in [1.807, 2.05) is 12.1 Å².